The lowest BCUT2D eigenvalue weighted by atomic mass is 10.1. The lowest BCUT2D eigenvalue weighted by Gasteiger charge is -2.24. The Kier molecular flexibility index (Phi) is 8.78. The summed E-state index contributed by atoms with van der Waals surface area (Å²) in [6.45, 7) is 3.73. The van der Waals surface area contributed by atoms with Crippen molar-refractivity contribution in [2.24, 2.45) is 0 Å². The maximum atomic E-state index is 13.6. The van der Waals surface area contributed by atoms with Crippen LogP contribution in [0, 0.1) is 13.8 Å². The Morgan fingerprint density at radius 3 is 2.00 bits per heavy atom. The zero-order valence-corrected chi connectivity index (χ0v) is 22.7. The Labute approximate surface area is 229 Å². The van der Waals surface area contributed by atoms with Crippen molar-refractivity contribution in [1.82, 2.24) is 5.32 Å². The number of anilines is 2. The number of carbonyl (C=O) groups is 2. The molecule has 0 fully saturated rings. The first-order chi connectivity index (χ1) is 18.7. The van der Waals surface area contributed by atoms with Crippen molar-refractivity contribution in [2.75, 3.05) is 22.7 Å². The second-order valence-electron chi connectivity index (χ2n) is 9.25. The van der Waals surface area contributed by atoms with Crippen molar-refractivity contribution in [3.63, 3.8) is 0 Å². The molecular weight excluding hydrogens is 510 g/mol. The van der Waals surface area contributed by atoms with Crippen LogP contribution >= 0.6 is 0 Å². The summed E-state index contributed by atoms with van der Waals surface area (Å²) in [6, 6.07) is 29.9. The molecule has 0 spiro atoms. The fourth-order valence-corrected chi connectivity index (χ4v) is 5.46. The smallest absolute Gasteiger partial charge is 0.264 e. The minimum absolute atomic E-state index is 0.0830. The Balaban J connectivity index is 1.52. The van der Waals surface area contributed by atoms with Crippen molar-refractivity contribution >= 4 is 33.2 Å². The monoisotopic (exact) mass is 541 g/mol. The van der Waals surface area contributed by atoms with Crippen molar-refractivity contribution in [2.45, 2.75) is 25.2 Å². The van der Waals surface area contributed by atoms with Gasteiger partial charge in [0.15, 0.2) is 0 Å². The predicted molar refractivity (Wildman–Crippen MR) is 154 cm³/mol. The molecule has 0 heterocycles. The van der Waals surface area contributed by atoms with Crippen LogP contribution in [0.1, 0.15) is 27.0 Å². The highest BCUT2D eigenvalue weighted by molar-refractivity contribution is 7.92. The van der Waals surface area contributed by atoms with Crippen molar-refractivity contribution in [3.05, 3.63) is 125 Å². The van der Waals surface area contributed by atoms with Gasteiger partial charge in [0, 0.05) is 6.54 Å². The maximum Gasteiger partial charge on any atom is 0.264 e. The van der Waals surface area contributed by atoms with Crippen molar-refractivity contribution in [1.29, 1.82) is 0 Å². The van der Waals surface area contributed by atoms with Crippen LogP contribution in [0.3, 0.4) is 0 Å². The normalized spacial score (nSPS) is 11.0. The number of hydrogen-bond acceptors (Lipinski definition) is 4. The number of amides is 2. The molecule has 0 aliphatic carbocycles. The molecule has 0 aliphatic rings. The highest BCUT2D eigenvalue weighted by Gasteiger charge is 2.27. The number of hydrogen-bond donors (Lipinski definition) is 2. The molecular formula is C31H31N3O4S. The molecule has 0 saturated heterocycles. The Morgan fingerprint density at radius 2 is 1.33 bits per heavy atom. The SMILES string of the molecule is Cc1ccc(N(CC(=O)Nc2ccccc2C(=O)NCCc2ccccc2)S(=O)(=O)c2ccc(C)cc2)cc1. The van der Waals surface area contributed by atoms with Crippen LogP contribution in [0.4, 0.5) is 11.4 Å². The number of rotatable bonds is 10. The van der Waals surface area contributed by atoms with Crippen LogP contribution in [0.2, 0.25) is 0 Å². The van der Waals surface area contributed by atoms with E-state index >= 15 is 0 Å². The fourth-order valence-electron chi connectivity index (χ4n) is 4.03. The van der Waals surface area contributed by atoms with E-state index < -0.39 is 22.5 Å². The topological polar surface area (TPSA) is 95.6 Å². The average molecular weight is 542 g/mol. The molecule has 0 unspecified atom stereocenters. The third-order valence-electron chi connectivity index (χ3n) is 6.21. The van der Waals surface area contributed by atoms with E-state index in [-0.39, 0.29) is 10.8 Å². The lowest BCUT2D eigenvalue weighted by molar-refractivity contribution is -0.114. The predicted octanol–water partition coefficient (Wildman–Crippen LogP) is 5.11. The molecule has 7 nitrogen and oxygen atoms in total. The van der Waals surface area contributed by atoms with Gasteiger partial charge in [-0.2, -0.15) is 0 Å². The summed E-state index contributed by atoms with van der Waals surface area (Å²) in [5.74, 6) is -0.903. The molecule has 39 heavy (non-hydrogen) atoms. The van der Waals surface area contributed by atoms with Crippen LogP contribution in [-0.2, 0) is 21.2 Å². The molecule has 4 aromatic rings. The second kappa shape index (κ2) is 12.4. The number of carbonyl (C=O) groups excluding carboxylic acids is 2. The van der Waals surface area contributed by atoms with E-state index in [9.17, 15) is 18.0 Å². The molecule has 200 valence electrons. The summed E-state index contributed by atoms with van der Waals surface area (Å²) in [6.07, 6.45) is 0.670. The third-order valence-corrected chi connectivity index (χ3v) is 7.99. The first kappa shape index (κ1) is 27.6. The minimum atomic E-state index is -4.04. The van der Waals surface area contributed by atoms with Gasteiger partial charge in [-0.25, -0.2) is 8.42 Å². The average Bonchev–Trinajstić information content (AvgIpc) is 2.93. The summed E-state index contributed by atoms with van der Waals surface area (Å²) < 4.78 is 28.3. The molecule has 4 rings (SSSR count). The van der Waals surface area contributed by atoms with Crippen molar-refractivity contribution in [3.8, 4) is 0 Å². The maximum absolute atomic E-state index is 13.6. The largest absolute Gasteiger partial charge is 0.352 e. The standard InChI is InChI=1S/C31H31N3O4S/c1-23-12-16-26(17-13-23)34(39(37,38)27-18-14-24(2)15-19-27)22-30(35)33-29-11-7-6-10-28(29)31(36)32-21-20-25-8-4-3-5-9-25/h3-19H,20-22H2,1-2H3,(H,32,36)(H,33,35). The zero-order valence-electron chi connectivity index (χ0n) is 21.9. The second-order valence-corrected chi connectivity index (χ2v) is 11.1. The number of sulfonamides is 1. The highest BCUT2D eigenvalue weighted by atomic mass is 32.2. The first-order valence-electron chi connectivity index (χ1n) is 12.6. The van der Waals surface area contributed by atoms with Crippen LogP contribution in [0.25, 0.3) is 0 Å². The van der Waals surface area contributed by atoms with Gasteiger partial charge in [0.25, 0.3) is 15.9 Å². The van der Waals surface area contributed by atoms with Gasteiger partial charge in [-0.3, -0.25) is 13.9 Å². The van der Waals surface area contributed by atoms with E-state index in [1.54, 1.807) is 60.7 Å². The van der Waals surface area contributed by atoms with Gasteiger partial charge < -0.3 is 10.6 Å². The Hall–Kier alpha value is -4.43. The van der Waals surface area contributed by atoms with Gasteiger partial charge in [-0.1, -0.05) is 77.9 Å². The van der Waals surface area contributed by atoms with Crippen LogP contribution < -0.4 is 14.9 Å². The number of nitrogens with one attached hydrogen (secondary N) is 2. The number of para-hydroxylation sites is 1. The quantitative estimate of drug-likeness (QED) is 0.292. The summed E-state index contributed by atoms with van der Waals surface area (Å²) in [5, 5.41) is 5.62. The van der Waals surface area contributed by atoms with Gasteiger partial charge in [0.1, 0.15) is 6.54 Å². The van der Waals surface area contributed by atoms with E-state index in [1.165, 1.54) is 12.1 Å². The molecule has 2 amide bonds. The van der Waals surface area contributed by atoms with Crippen LogP contribution in [0.15, 0.2) is 108 Å². The molecule has 8 heteroatoms. The first-order valence-corrected chi connectivity index (χ1v) is 14.0. The highest BCUT2D eigenvalue weighted by Crippen LogP contribution is 2.25. The van der Waals surface area contributed by atoms with Gasteiger partial charge in [-0.05, 0) is 62.2 Å². The van der Waals surface area contributed by atoms with E-state index in [1.807, 2.05) is 44.2 Å². The number of benzene rings is 4. The van der Waals surface area contributed by atoms with Crippen LogP contribution in [0.5, 0.6) is 0 Å². The molecule has 2 N–H and O–H groups in total. The summed E-state index contributed by atoms with van der Waals surface area (Å²) in [7, 11) is -4.04. The molecule has 0 aromatic heterocycles. The zero-order chi connectivity index (χ0) is 27.8. The molecule has 0 radical (unpaired) electrons. The van der Waals surface area contributed by atoms with E-state index in [2.05, 4.69) is 10.6 Å². The van der Waals surface area contributed by atoms with Crippen LogP contribution in [-0.4, -0.2) is 33.3 Å². The van der Waals surface area contributed by atoms with E-state index in [0.717, 1.165) is 21.0 Å². The lowest BCUT2D eigenvalue weighted by Crippen LogP contribution is -2.38. The molecule has 4 aromatic carbocycles. The molecule has 0 saturated carbocycles. The van der Waals surface area contributed by atoms with Gasteiger partial charge in [0.05, 0.1) is 21.8 Å². The van der Waals surface area contributed by atoms with Gasteiger partial charge >= 0.3 is 0 Å². The molecule has 0 atom stereocenters. The summed E-state index contributed by atoms with van der Waals surface area (Å²) in [4.78, 5) is 26.2. The molecule has 0 bridgehead atoms. The van der Waals surface area contributed by atoms with Crippen molar-refractivity contribution < 1.29 is 18.0 Å². The number of nitrogens with zero attached hydrogens (tertiary/aromatic N) is 1. The Morgan fingerprint density at radius 1 is 0.744 bits per heavy atom. The minimum Gasteiger partial charge on any atom is -0.352 e. The third kappa shape index (κ3) is 7.12. The summed E-state index contributed by atoms with van der Waals surface area (Å²) in [5.41, 5.74) is 3.95. The summed E-state index contributed by atoms with van der Waals surface area (Å²) >= 11 is 0. The van der Waals surface area contributed by atoms with E-state index in [0.29, 0.717) is 29.9 Å². The van der Waals surface area contributed by atoms with E-state index in [4.69, 9.17) is 0 Å². The molecule has 0 aliphatic heterocycles. The number of aryl methyl sites for hydroxylation is 2. The van der Waals surface area contributed by atoms with Gasteiger partial charge in [0.2, 0.25) is 5.91 Å². The fraction of sp³-hybridized carbons (Fsp3) is 0.161. The Bertz CT molecular complexity index is 1540. The van der Waals surface area contributed by atoms with Gasteiger partial charge in [-0.15, -0.1) is 0 Å².